The molecule has 106 valence electrons. The molecule has 0 fully saturated rings. The lowest BCUT2D eigenvalue weighted by atomic mass is 10.0. The molecule has 0 aliphatic heterocycles. The van der Waals surface area contributed by atoms with Crippen LogP contribution in [0.3, 0.4) is 0 Å². The number of hydrogen-bond acceptors (Lipinski definition) is 3. The van der Waals surface area contributed by atoms with Gasteiger partial charge < -0.3 is 9.84 Å². The molecular weight excluding hydrogens is 242 g/mol. The third-order valence-corrected chi connectivity index (χ3v) is 3.05. The number of para-hydroxylation sites is 1. The fourth-order valence-corrected chi connectivity index (χ4v) is 2.03. The Kier molecular flexibility index (Phi) is 5.83. The summed E-state index contributed by atoms with van der Waals surface area (Å²) in [6.45, 7) is 8.27. The maximum Gasteiger partial charge on any atom is 0.320 e. The Morgan fingerprint density at radius 2 is 1.95 bits per heavy atom. The first-order valence-electron chi connectivity index (χ1n) is 6.68. The summed E-state index contributed by atoms with van der Waals surface area (Å²) in [6, 6.07) is 7.07. The van der Waals surface area contributed by atoms with E-state index in [4.69, 9.17) is 4.74 Å². The quantitative estimate of drug-likeness (QED) is 0.796. The minimum atomic E-state index is -0.823. The fourth-order valence-electron chi connectivity index (χ4n) is 2.03. The lowest BCUT2D eigenvalue weighted by Gasteiger charge is -2.24. The molecule has 0 radical (unpaired) electrons. The SMILES string of the molecule is CCOc1ccccc1C(C)NC(C(=O)O)C(C)C. The monoisotopic (exact) mass is 265 g/mol. The van der Waals surface area contributed by atoms with Crippen molar-refractivity contribution in [3.05, 3.63) is 29.8 Å². The van der Waals surface area contributed by atoms with E-state index in [0.29, 0.717) is 6.61 Å². The van der Waals surface area contributed by atoms with Crippen LogP contribution < -0.4 is 10.1 Å². The Morgan fingerprint density at radius 1 is 1.32 bits per heavy atom. The van der Waals surface area contributed by atoms with E-state index >= 15 is 0 Å². The summed E-state index contributed by atoms with van der Waals surface area (Å²) < 4.78 is 5.57. The zero-order valence-electron chi connectivity index (χ0n) is 12.0. The summed E-state index contributed by atoms with van der Waals surface area (Å²) in [6.07, 6.45) is 0. The van der Waals surface area contributed by atoms with Crippen LogP contribution in [0.4, 0.5) is 0 Å². The topological polar surface area (TPSA) is 58.6 Å². The Balaban J connectivity index is 2.87. The van der Waals surface area contributed by atoms with E-state index in [-0.39, 0.29) is 12.0 Å². The maximum absolute atomic E-state index is 11.2. The fraction of sp³-hybridized carbons (Fsp3) is 0.533. The predicted octanol–water partition coefficient (Wildman–Crippen LogP) is 2.85. The summed E-state index contributed by atoms with van der Waals surface area (Å²) in [5.41, 5.74) is 0.983. The smallest absolute Gasteiger partial charge is 0.320 e. The maximum atomic E-state index is 11.2. The van der Waals surface area contributed by atoms with Gasteiger partial charge in [-0.05, 0) is 25.8 Å². The Labute approximate surface area is 114 Å². The molecule has 4 nitrogen and oxygen atoms in total. The second kappa shape index (κ2) is 7.14. The van der Waals surface area contributed by atoms with Crippen LogP contribution in [0, 0.1) is 5.92 Å². The average Bonchev–Trinajstić information content (AvgIpc) is 2.36. The highest BCUT2D eigenvalue weighted by Crippen LogP contribution is 2.25. The zero-order chi connectivity index (χ0) is 14.4. The van der Waals surface area contributed by atoms with Crippen LogP contribution in [0.15, 0.2) is 24.3 Å². The van der Waals surface area contributed by atoms with Gasteiger partial charge in [-0.15, -0.1) is 0 Å². The number of aliphatic carboxylic acids is 1. The highest BCUT2D eigenvalue weighted by atomic mass is 16.5. The van der Waals surface area contributed by atoms with Gasteiger partial charge >= 0.3 is 5.97 Å². The van der Waals surface area contributed by atoms with Gasteiger partial charge in [0.2, 0.25) is 0 Å². The average molecular weight is 265 g/mol. The molecule has 0 bridgehead atoms. The molecule has 0 saturated carbocycles. The van der Waals surface area contributed by atoms with Crippen molar-refractivity contribution in [1.29, 1.82) is 0 Å². The van der Waals surface area contributed by atoms with Gasteiger partial charge in [0.1, 0.15) is 11.8 Å². The number of hydrogen-bond donors (Lipinski definition) is 2. The molecule has 0 aliphatic carbocycles. The van der Waals surface area contributed by atoms with Gasteiger partial charge in [0.15, 0.2) is 0 Å². The largest absolute Gasteiger partial charge is 0.494 e. The second-order valence-electron chi connectivity index (χ2n) is 4.92. The van der Waals surface area contributed by atoms with Gasteiger partial charge in [-0.1, -0.05) is 32.0 Å². The molecule has 4 heteroatoms. The first kappa shape index (κ1) is 15.5. The number of rotatable bonds is 7. The number of carboxylic acids is 1. The molecule has 0 saturated heterocycles. The molecule has 2 N–H and O–H groups in total. The van der Waals surface area contributed by atoms with Crippen molar-refractivity contribution in [2.24, 2.45) is 5.92 Å². The van der Waals surface area contributed by atoms with Crippen molar-refractivity contribution in [2.45, 2.75) is 39.8 Å². The van der Waals surface area contributed by atoms with Crippen molar-refractivity contribution in [1.82, 2.24) is 5.32 Å². The van der Waals surface area contributed by atoms with Crippen LogP contribution >= 0.6 is 0 Å². The first-order valence-corrected chi connectivity index (χ1v) is 6.68. The number of benzene rings is 1. The lowest BCUT2D eigenvalue weighted by Crippen LogP contribution is -2.42. The summed E-state index contributed by atoms with van der Waals surface area (Å²) in [5, 5.41) is 12.4. The molecular formula is C15H23NO3. The number of nitrogens with one attached hydrogen (secondary N) is 1. The van der Waals surface area contributed by atoms with E-state index < -0.39 is 12.0 Å². The van der Waals surface area contributed by atoms with E-state index in [0.717, 1.165) is 11.3 Å². The number of carboxylic acid groups (broad SMARTS) is 1. The zero-order valence-corrected chi connectivity index (χ0v) is 12.0. The van der Waals surface area contributed by atoms with Crippen LogP contribution in [0.5, 0.6) is 5.75 Å². The summed E-state index contributed by atoms with van der Waals surface area (Å²) in [4.78, 5) is 11.2. The summed E-state index contributed by atoms with van der Waals surface area (Å²) in [7, 11) is 0. The Hall–Kier alpha value is -1.55. The van der Waals surface area contributed by atoms with Crippen LogP contribution in [-0.4, -0.2) is 23.7 Å². The van der Waals surface area contributed by atoms with Crippen molar-refractivity contribution in [3.8, 4) is 5.75 Å². The summed E-state index contributed by atoms with van der Waals surface area (Å²) >= 11 is 0. The third kappa shape index (κ3) is 4.24. The van der Waals surface area contributed by atoms with Crippen LogP contribution in [0.1, 0.15) is 39.3 Å². The van der Waals surface area contributed by atoms with Crippen molar-refractivity contribution in [3.63, 3.8) is 0 Å². The van der Waals surface area contributed by atoms with Gasteiger partial charge in [-0.25, -0.2) is 0 Å². The van der Waals surface area contributed by atoms with Gasteiger partial charge in [0.25, 0.3) is 0 Å². The standard InChI is InChI=1S/C15H23NO3/c1-5-19-13-9-7-6-8-12(13)11(4)16-14(10(2)3)15(17)18/h6-11,14,16H,5H2,1-4H3,(H,17,18). The Bertz CT molecular complexity index is 418. The van der Waals surface area contributed by atoms with E-state index in [2.05, 4.69) is 5.32 Å². The predicted molar refractivity (Wildman–Crippen MR) is 75.4 cm³/mol. The molecule has 1 rings (SSSR count). The minimum Gasteiger partial charge on any atom is -0.494 e. The van der Waals surface area contributed by atoms with Crippen LogP contribution in [0.2, 0.25) is 0 Å². The molecule has 0 amide bonds. The number of carbonyl (C=O) groups is 1. The van der Waals surface area contributed by atoms with Crippen molar-refractivity contribution in [2.75, 3.05) is 6.61 Å². The first-order chi connectivity index (χ1) is 8.97. The highest BCUT2D eigenvalue weighted by molar-refractivity contribution is 5.73. The molecule has 0 heterocycles. The molecule has 0 aromatic heterocycles. The highest BCUT2D eigenvalue weighted by Gasteiger charge is 2.24. The molecule has 1 aromatic carbocycles. The van der Waals surface area contributed by atoms with Gasteiger partial charge in [-0.2, -0.15) is 0 Å². The van der Waals surface area contributed by atoms with E-state index in [1.54, 1.807) is 0 Å². The number of ether oxygens (including phenoxy) is 1. The van der Waals surface area contributed by atoms with E-state index in [1.807, 2.05) is 52.0 Å². The molecule has 0 aliphatic rings. The summed E-state index contributed by atoms with van der Waals surface area (Å²) in [5.74, 6) is 0.00726. The molecule has 2 unspecified atom stereocenters. The normalized spacial score (nSPS) is 14.2. The molecule has 2 atom stereocenters. The lowest BCUT2D eigenvalue weighted by molar-refractivity contribution is -0.140. The molecule has 1 aromatic rings. The van der Waals surface area contributed by atoms with Gasteiger partial charge in [0.05, 0.1) is 6.61 Å². The second-order valence-corrected chi connectivity index (χ2v) is 4.92. The molecule has 0 spiro atoms. The van der Waals surface area contributed by atoms with Crippen LogP contribution in [-0.2, 0) is 4.79 Å². The third-order valence-electron chi connectivity index (χ3n) is 3.05. The Morgan fingerprint density at radius 3 is 2.47 bits per heavy atom. The van der Waals surface area contributed by atoms with E-state index in [1.165, 1.54) is 0 Å². The van der Waals surface area contributed by atoms with Crippen LogP contribution in [0.25, 0.3) is 0 Å². The van der Waals surface area contributed by atoms with E-state index in [9.17, 15) is 9.90 Å². The molecule has 19 heavy (non-hydrogen) atoms. The van der Waals surface area contributed by atoms with Crippen molar-refractivity contribution >= 4 is 5.97 Å². The van der Waals surface area contributed by atoms with Gasteiger partial charge in [-0.3, -0.25) is 10.1 Å². The van der Waals surface area contributed by atoms with Gasteiger partial charge in [0, 0.05) is 11.6 Å². The minimum absolute atomic E-state index is 0.0270. The van der Waals surface area contributed by atoms with Crippen molar-refractivity contribution < 1.29 is 14.6 Å².